The van der Waals surface area contributed by atoms with Crippen LogP contribution in [0.1, 0.15) is 27.2 Å². The van der Waals surface area contributed by atoms with E-state index in [1.807, 2.05) is 0 Å². The molecule has 188 valence electrons. The van der Waals surface area contributed by atoms with E-state index in [2.05, 4.69) is 14.7 Å². The molecule has 4 aromatic rings. The minimum Gasteiger partial charge on any atom is -0.710 e. The maximum Gasteiger partial charge on any atom is 0.417 e. The van der Waals surface area contributed by atoms with Crippen LogP contribution in [0.5, 0.6) is 5.75 Å². The van der Waals surface area contributed by atoms with Crippen molar-refractivity contribution >= 4 is 44.1 Å². The number of ether oxygens (including phenoxy) is 1. The van der Waals surface area contributed by atoms with Gasteiger partial charge in [-0.05, 0) is 42.8 Å². The van der Waals surface area contributed by atoms with Gasteiger partial charge in [-0.2, -0.15) is 13.2 Å². The molecule has 0 aliphatic heterocycles. The Morgan fingerprint density at radius 3 is 2.64 bits per heavy atom. The molecule has 0 aliphatic carbocycles. The number of aromatic amines is 1. The van der Waals surface area contributed by atoms with Crippen LogP contribution in [0.15, 0.2) is 53.8 Å². The monoisotopic (exact) mass is 540 g/mol. The Bertz CT molecular complexity index is 1620. The van der Waals surface area contributed by atoms with E-state index < -0.39 is 37.5 Å². The summed E-state index contributed by atoms with van der Waals surface area (Å²) in [7, 11) is -3.37. The highest BCUT2D eigenvalue weighted by Crippen LogP contribution is 2.36. The van der Waals surface area contributed by atoms with Crippen LogP contribution in [0.3, 0.4) is 0 Å². The topological polar surface area (TPSA) is 128 Å². The highest BCUT2D eigenvalue weighted by molar-refractivity contribution is 7.92. The molecular formula is C22H16ClF3N4O5S. The number of hydrogen-bond donors (Lipinski definition) is 2. The maximum absolute atomic E-state index is 13.6. The maximum atomic E-state index is 13.6. The first-order valence-corrected chi connectivity index (χ1v) is 11.9. The smallest absolute Gasteiger partial charge is 0.417 e. The number of nitrogens with one attached hydrogen (secondary N) is 2. The van der Waals surface area contributed by atoms with E-state index in [0.717, 1.165) is 18.3 Å². The minimum atomic E-state index is -4.89. The Labute approximate surface area is 207 Å². The van der Waals surface area contributed by atoms with Crippen molar-refractivity contribution < 1.29 is 35.9 Å². The molecule has 0 radical (unpaired) electrons. The molecule has 0 fully saturated rings. The van der Waals surface area contributed by atoms with Crippen molar-refractivity contribution in [2.45, 2.75) is 18.0 Å². The number of aromatic nitrogens is 3. The van der Waals surface area contributed by atoms with E-state index in [-0.39, 0.29) is 33.7 Å². The number of rotatable bonds is 6. The van der Waals surface area contributed by atoms with E-state index in [0.29, 0.717) is 16.4 Å². The predicted molar refractivity (Wildman–Crippen MR) is 123 cm³/mol. The van der Waals surface area contributed by atoms with Crippen molar-refractivity contribution in [2.24, 2.45) is 0 Å². The molecule has 0 bridgehead atoms. The first-order chi connectivity index (χ1) is 16.8. The second kappa shape index (κ2) is 8.99. The van der Waals surface area contributed by atoms with Crippen molar-refractivity contribution in [1.82, 2.24) is 9.97 Å². The quantitative estimate of drug-likeness (QED) is 0.214. The zero-order chi connectivity index (χ0) is 26.4. The fourth-order valence-electron chi connectivity index (χ4n) is 3.54. The zero-order valence-corrected chi connectivity index (χ0v) is 20.0. The molecule has 3 aromatic heterocycles. The van der Waals surface area contributed by atoms with Crippen LogP contribution in [0.2, 0.25) is 5.02 Å². The van der Waals surface area contributed by atoms with E-state index in [1.165, 1.54) is 31.6 Å². The normalized spacial score (nSPS) is 12.1. The highest BCUT2D eigenvalue weighted by Gasteiger charge is 2.35. The van der Waals surface area contributed by atoms with Gasteiger partial charge in [0.25, 0.3) is 15.7 Å². The molecule has 9 nitrogen and oxygen atoms in total. The first-order valence-electron chi connectivity index (χ1n) is 10.0. The number of anilines is 1. The molecular weight excluding hydrogens is 525 g/mol. The Hall–Kier alpha value is -3.84. The number of H-pyrrole nitrogens is 1. The lowest BCUT2D eigenvalue weighted by molar-refractivity contribution is -0.579. The third-order valence-corrected chi connectivity index (χ3v) is 6.87. The number of benzene rings is 1. The summed E-state index contributed by atoms with van der Waals surface area (Å²) in [6.07, 6.45) is -1.12. The summed E-state index contributed by atoms with van der Waals surface area (Å²) < 4.78 is 73.6. The summed E-state index contributed by atoms with van der Waals surface area (Å²) >= 11 is 5.60. The van der Waals surface area contributed by atoms with Gasteiger partial charge in [-0.25, -0.2) is 18.1 Å². The lowest BCUT2D eigenvalue weighted by Gasteiger charge is -2.15. The summed E-state index contributed by atoms with van der Waals surface area (Å²) in [6, 6.07) is 4.88. The molecule has 0 saturated carbocycles. The first kappa shape index (κ1) is 25.3. The van der Waals surface area contributed by atoms with Gasteiger partial charge in [0.2, 0.25) is 5.78 Å². The average molecular weight is 541 g/mol. The van der Waals surface area contributed by atoms with Gasteiger partial charge in [0.1, 0.15) is 11.9 Å². The van der Waals surface area contributed by atoms with Crippen LogP contribution in [-0.2, 0) is 16.2 Å². The second-order valence-corrected chi connectivity index (χ2v) is 9.71. The number of alkyl halides is 3. The number of aryl methyl sites for hydroxylation is 1. The molecule has 3 heterocycles. The molecule has 1 aromatic carbocycles. The molecule has 0 amide bonds. The Morgan fingerprint density at radius 2 is 1.97 bits per heavy atom. The number of nitrogens with zero attached hydrogens (tertiary/aromatic N) is 2. The van der Waals surface area contributed by atoms with Gasteiger partial charge in [-0.15, -0.1) is 0 Å². The Balaban J connectivity index is 1.83. The number of hydrogen-bond acceptors (Lipinski definition) is 6. The molecule has 36 heavy (non-hydrogen) atoms. The summed E-state index contributed by atoms with van der Waals surface area (Å²) in [6.45, 7) is 1.58. The molecule has 2 N–H and O–H groups in total. The number of carbonyl (C=O) groups excluding carboxylic acids is 1. The molecule has 14 heteroatoms. The predicted octanol–water partition coefficient (Wildman–Crippen LogP) is 4.22. The molecule has 0 unspecified atom stereocenters. The minimum absolute atomic E-state index is 0.0502. The van der Waals surface area contributed by atoms with Crippen molar-refractivity contribution in [1.29, 1.82) is 0 Å². The van der Waals surface area contributed by atoms with Crippen LogP contribution in [0.25, 0.3) is 11.0 Å². The number of pyridine rings is 2. The fraction of sp³-hybridized carbons (Fsp3) is 0.136. The number of halogens is 4. The highest BCUT2D eigenvalue weighted by atomic mass is 35.5. The molecule has 0 spiro atoms. The zero-order valence-electron chi connectivity index (χ0n) is 18.5. The van der Waals surface area contributed by atoms with Crippen LogP contribution in [0.4, 0.5) is 18.9 Å². The van der Waals surface area contributed by atoms with Crippen molar-refractivity contribution in [3.63, 3.8) is 0 Å². The molecule has 0 atom stereocenters. The summed E-state index contributed by atoms with van der Waals surface area (Å²) in [4.78, 5) is 19.6. The SMILES string of the molecule is COc1c[n+]([O-])c2[nH]ccc2c1C(=O)c1ncc(C)cc1NS(=O)(=O)c1ccc(Cl)c(C(F)(F)F)c1. The average Bonchev–Trinajstić information content (AvgIpc) is 3.28. The van der Waals surface area contributed by atoms with Crippen molar-refractivity contribution in [3.8, 4) is 5.75 Å². The number of methoxy groups -OCH3 is 1. The summed E-state index contributed by atoms with van der Waals surface area (Å²) in [5.74, 6) is -0.882. The van der Waals surface area contributed by atoms with Gasteiger partial charge < -0.3 is 9.94 Å². The fourth-order valence-corrected chi connectivity index (χ4v) is 4.85. The van der Waals surface area contributed by atoms with E-state index >= 15 is 0 Å². The summed E-state index contributed by atoms with van der Waals surface area (Å²) in [5, 5.41) is 11.7. The van der Waals surface area contributed by atoms with Gasteiger partial charge in [0.15, 0.2) is 5.75 Å². The number of ketones is 1. The van der Waals surface area contributed by atoms with Gasteiger partial charge in [0.05, 0.1) is 45.4 Å². The van der Waals surface area contributed by atoms with Crippen LogP contribution < -0.4 is 14.2 Å². The van der Waals surface area contributed by atoms with E-state index in [4.69, 9.17) is 16.3 Å². The van der Waals surface area contributed by atoms with Crippen molar-refractivity contribution in [3.05, 3.63) is 81.5 Å². The third-order valence-electron chi connectivity index (χ3n) is 5.18. The van der Waals surface area contributed by atoms with Crippen molar-refractivity contribution in [2.75, 3.05) is 11.8 Å². The standard InChI is InChI=1S/C22H16ClF3N4O5S/c1-11-7-16(29-36(33,34)12-3-4-15(23)14(8-12)22(24,25)26)19(28-9-11)20(31)18-13-5-6-27-21(13)30(32)10-17(18)35-2/h3-10,27,29H,1-2H3. The van der Waals surface area contributed by atoms with Gasteiger partial charge in [0, 0.05) is 6.20 Å². The Kier molecular flexibility index (Phi) is 6.31. The largest absolute Gasteiger partial charge is 0.710 e. The second-order valence-electron chi connectivity index (χ2n) is 7.62. The number of carbonyl (C=O) groups is 1. The van der Waals surface area contributed by atoms with Crippen LogP contribution in [-0.4, -0.2) is 31.3 Å². The lowest BCUT2D eigenvalue weighted by atomic mass is 10.0. The molecule has 0 aliphatic rings. The third kappa shape index (κ3) is 4.54. The van der Waals surface area contributed by atoms with Crippen LogP contribution in [0, 0.1) is 12.1 Å². The molecule has 4 rings (SSSR count). The van der Waals surface area contributed by atoms with E-state index in [9.17, 15) is 31.6 Å². The van der Waals surface area contributed by atoms with Gasteiger partial charge >= 0.3 is 6.18 Å². The van der Waals surface area contributed by atoms with Gasteiger partial charge in [-0.3, -0.25) is 14.5 Å². The number of fused-ring (bicyclic) bond motifs is 1. The number of sulfonamides is 1. The lowest BCUT2D eigenvalue weighted by Crippen LogP contribution is -2.28. The summed E-state index contributed by atoms with van der Waals surface area (Å²) in [5.41, 5.74) is -1.54. The molecule has 0 saturated heterocycles. The van der Waals surface area contributed by atoms with E-state index in [1.54, 1.807) is 6.92 Å². The Morgan fingerprint density at radius 1 is 1.25 bits per heavy atom. The van der Waals surface area contributed by atoms with Gasteiger partial charge in [-0.1, -0.05) is 11.6 Å². The van der Waals surface area contributed by atoms with Crippen LogP contribution >= 0.6 is 11.6 Å².